The number of hydrogen-bond acceptors (Lipinski definition) is 8. The highest BCUT2D eigenvalue weighted by Crippen LogP contribution is 2.42. The Morgan fingerprint density at radius 2 is 0.844 bits per heavy atom. The number of nitrogens with two attached hydrogens (primary N) is 2. The predicted octanol–water partition coefficient (Wildman–Crippen LogP) is 3.73. The predicted molar refractivity (Wildman–Crippen MR) is 124 cm³/mol. The van der Waals surface area contributed by atoms with Crippen LogP contribution in [0.2, 0.25) is 0 Å². The number of amides is 4. The fourth-order valence-corrected chi connectivity index (χ4v) is 5.56. The minimum absolute atomic E-state index is 0.231. The van der Waals surface area contributed by atoms with E-state index in [9.17, 15) is 19.2 Å². The third-order valence-electron chi connectivity index (χ3n) is 5.72. The Bertz CT molecular complexity index is 1370. The fourth-order valence-electron chi connectivity index (χ4n) is 4.31. The van der Waals surface area contributed by atoms with Crippen LogP contribution < -0.4 is 21.3 Å². The molecule has 6 rings (SSSR count). The van der Waals surface area contributed by atoms with Crippen LogP contribution in [-0.4, -0.2) is 23.6 Å². The fraction of sp³-hybridized carbons (Fsp3) is 0. The van der Waals surface area contributed by atoms with E-state index in [2.05, 4.69) is 0 Å². The second kappa shape index (κ2) is 6.25. The van der Waals surface area contributed by atoms with E-state index in [-0.39, 0.29) is 22.3 Å². The van der Waals surface area contributed by atoms with E-state index < -0.39 is 23.6 Å². The van der Waals surface area contributed by atoms with Gasteiger partial charge in [0.25, 0.3) is 23.6 Å². The summed E-state index contributed by atoms with van der Waals surface area (Å²) < 4.78 is 0. The lowest BCUT2D eigenvalue weighted by Gasteiger charge is -2.31. The third kappa shape index (κ3) is 2.19. The Hall–Kier alpha value is -4.02. The van der Waals surface area contributed by atoms with Crippen molar-refractivity contribution < 1.29 is 19.2 Å². The number of rotatable bonds is 2. The summed E-state index contributed by atoms with van der Waals surface area (Å²) in [5.74, 6) is -2.22. The van der Waals surface area contributed by atoms with Crippen LogP contribution in [0, 0.1) is 0 Å². The molecular formula is C22H12N4O4S2. The average molecular weight is 460 g/mol. The van der Waals surface area contributed by atoms with E-state index in [1.807, 2.05) is 0 Å². The number of carbonyl (C=O) groups excluding carboxylic acids is 4. The van der Waals surface area contributed by atoms with Crippen molar-refractivity contribution in [3.05, 3.63) is 69.4 Å². The summed E-state index contributed by atoms with van der Waals surface area (Å²) in [7, 11) is 0. The quantitative estimate of drug-likeness (QED) is 0.439. The molecule has 0 saturated heterocycles. The standard InChI is InChI=1S/C22H12N4O4S2/c23-17-13(5-7-31-17)25-19(27)9-1-2-10-16-12(4-3-11(15(9)16)21(25)29)22(30)26(20(10)28)14-6-8-32-18(14)24/h1-8H,23-24H2. The van der Waals surface area contributed by atoms with Crippen LogP contribution >= 0.6 is 22.7 Å². The highest BCUT2D eigenvalue weighted by atomic mass is 32.1. The normalized spacial score (nSPS) is 15.2. The van der Waals surface area contributed by atoms with Gasteiger partial charge in [0.1, 0.15) is 10.0 Å². The molecule has 0 fully saturated rings. The second-order valence-corrected chi connectivity index (χ2v) is 9.20. The number of thiophene rings is 2. The molecule has 8 nitrogen and oxygen atoms in total. The Labute approximate surface area is 188 Å². The molecule has 0 unspecified atom stereocenters. The molecule has 4 N–H and O–H groups in total. The zero-order valence-electron chi connectivity index (χ0n) is 16.1. The molecule has 0 saturated carbocycles. The number of benzene rings is 2. The molecule has 2 aliphatic rings. The number of imide groups is 2. The molecule has 2 aliphatic heterocycles. The first kappa shape index (κ1) is 18.7. The molecule has 32 heavy (non-hydrogen) atoms. The van der Waals surface area contributed by atoms with E-state index in [1.165, 1.54) is 46.9 Å². The van der Waals surface area contributed by atoms with Gasteiger partial charge in [-0.2, -0.15) is 0 Å². The van der Waals surface area contributed by atoms with Gasteiger partial charge in [-0.05, 0) is 47.2 Å². The second-order valence-electron chi connectivity index (χ2n) is 7.30. The van der Waals surface area contributed by atoms with E-state index >= 15 is 0 Å². The van der Waals surface area contributed by atoms with Gasteiger partial charge in [-0.25, -0.2) is 9.80 Å². The molecule has 2 aromatic heterocycles. The van der Waals surface area contributed by atoms with Crippen molar-refractivity contribution in [1.29, 1.82) is 0 Å². The largest absolute Gasteiger partial charge is 0.389 e. The molecular weight excluding hydrogens is 448 g/mol. The SMILES string of the molecule is Nc1sccc1N1C(=O)c2ccc3c4c(ccc(c24)C1=O)C(=O)N(c1ccsc1N)C3=O. The van der Waals surface area contributed by atoms with E-state index in [1.54, 1.807) is 22.9 Å². The van der Waals surface area contributed by atoms with Crippen LogP contribution in [0.25, 0.3) is 10.8 Å². The number of nitrogen functional groups attached to an aromatic ring is 2. The van der Waals surface area contributed by atoms with Gasteiger partial charge >= 0.3 is 0 Å². The highest BCUT2D eigenvalue weighted by Gasteiger charge is 2.41. The number of hydrogen-bond donors (Lipinski definition) is 2. The molecule has 0 bridgehead atoms. The third-order valence-corrected chi connectivity index (χ3v) is 7.19. The van der Waals surface area contributed by atoms with Crippen molar-refractivity contribution >= 4 is 78.5 Å². The van der Waals surface area contributed by atoms with Crippen molar-refractivity contribution in [2.45, 2.75) is 0 Å². The molecule has 4 aromatic rings. The highest BCUT2D eigenvalue weighted by molar-refractivity contribution is 7.15. The van der Waals surface area contributed by atoms with Crippen LogP contribution in [0.15, 0.2) is 47.2 Å². The van der Waals surface area contributed by atoms with Crippen LogP contribution in [0.4, 0.5) is 21.4 Å². The maximum absolute atomic E-state index is 13.3. The summed E-state index contributed by atoms with van der Waals surface area (Å²) in [5, 5.41) is 4.69. The van der Waals surface area contributed by atoms with Crippen molar-refractivity contribution in [1.82, 2.24) is 0 Å². The molecule has 0 aliphatic carbocycles. The topological polar surface area (TPSA) is 127 Å². The van der Waals surface area contributed by atoms with Crippen LogP contribution in [0.5, 0.6) is 0 Å². The molecule has 0 radical (unpaired) electrons. The zero-order chi connectivity index (χ0) is 22.3. The van der Waals surface area contributed by atoms with E-state index in [0.717, 1.165) is 9.80 Å². The van der Waals surface area contributed by atoms with Gasteiger partial charge in [0, 0.05) is 33.0 Å². The van der Waals surface area contributed by atoms with E-state index in [0.29, 0.717) is 32.1 Å². The maximum Gasteiger partial charge on any atom is 0.266 e. The van der Waals surface area contributed by atoms with Crippen molar-refractivity contribution in [2.24, 2.45) is 0 Å². The Balaban J connectivity index is 1.61. The molecule has 0 atom stereocenters. The summed E-state index contributed by atoms with van der Waals surface area (Å²) >= 11 is 2.44. The molecule has 4 amide bonds. The number of carbonyl (C=O) groups is 4. The van der Waals surface area contributed by atoms with Gasteiger partial charge in [0.2, 0.25) is 0 Å². The van der Waals surface area contributed by atoms with Crippen LogP contribution in [0.3, 0.4) is 0 Å². The Morgan fingerprint density at radius 1 is 0.531 bits per heavy atom. The van der Waals surface area contributed by atoms with Gasteiger partial charge in [-0.1, -0.05) is 0 Å². The Morgan fingerprint density at radius 3 is 1.09 bits per heavy atom. The Kier molecular flexibility index (Phi) is 3.66. The first-order valence-corrected chi connectivity index (χ1v) is 11.2. The van der Waals surface area contributed by atoms with Gasteiger partial charge in [-0.15, -0.1) is 22.7 Å². The summed E-state index contributed by atoms with van der Waals surface area (Å²) in [6.45, 7) is 0. The van der Waals surface area contributed by atoms with Crippen LogP contribution in [-0.2, 0) is 0 Å². The lowest BCUT2D eigenvalue weighted by Crippen LogP contribution is -2.43. The monoisotopic (exact) mass is 460 g/mol. The first-order valence-electron chi connectivity index (χ1n) is 9.43. The lowest BCUT2D eigenvalue weighted by molar-refractivity contribution is 0.0873. The van der Waals surface area contributed by atoms with Gasteiger partial charge in [-0.3, -0.25) is 19.2 Å². The average Bonchev–Trinajstić information content (AvgIpc) is 3.39. The summed E-state index contributed by atoms with van der Waals surface area (Å²) in [4.78, 5) is 55.3. The number of anilines is 4. The minimum atomic E-state index is -0.555. The molecule has 4 heterocycles. The molecule has 0 spiro atoms. The van der Waals surface area contributed by atoms with Crippen LogP contribution in [0.1, 0.15) is 41.4 Å². The summed E-state index contributed by atoms with van der Waals surface area (Å²) in [6.07, 6.45) is 0. The first-order chi connectivity index (χ1) is 15.4. The molecule has 2 aromatic carbocycles. The van der Waals surface area contributed by atoms with Crippen molar-refractivity contribution in [3.63, 3.8) is 0 Å². The zero-order valence-corrected chi connectivity index (χ0v) is 17.8. The molecule has 156 valence electrons. The number of nitrogens with zero attached hydrogens (tertiary/aromatic N) is 2. The van der Waals surface area contributed by atoms with Crippen molar-refractivity contribution in [2.75, 3.05) is 21.3 Å². The van der Waals surface area contributed by atoms with Crippen molar-refractivity contribution in [3.8, 4) is 0 Å². The van der Waals surface area contributed by atoms with Gasteiger partial charge < -0.3 is 11.5 Å². The van der Waals surface area contributed by atoms with Gasteiger partial charge in [0.05, 0.1) is 11.4 Å². The maximum atomic E-state index is 13.3. The van der Waals surface area contributed by atoms with Gasteiger partial charge in [0.15, 0.2) is 0 Å². The smallest absolute Gasteiger partial charge is 0.266 e. The summed E-state index contributed by atoms with van der Waals surface area (Å²) in [6, 6.07) is 9.27. The lowest BCUT2D eigenvalue weighted by atomic mass is 9.85. The summed E-state index contributed by atoms with van der Waals surface area (Å²) in [5.41, 5.74) is 13.5. The minimum Gasteiger partial charge on any atom is -0.389 e. The van der Waals surface area contributed by atoms with E-state index in [4.69, 9.17) is 11.5 Å². The molecule has 10 heteroatoms.